The van der Waals surface area contributed by atoms with E-state index in [1.807, 2.05) is 177 Å². The molecule has 0 amide bonds. The molecular formula is C102H107Cl3O10. The summed E-state index contributed by atoms with van der Waals surface area (Å²) in [5.74, 6) is -0.835. The van der Waals surface area contributed by atoms with Crippen LogP contribution >= 0.6 is 34.8 Å². The number of alkyl halides is 1. The molecular weight excluding hydrogens is 1490 g/mol. The van der Waals surface area contributed by atoms with Crippen molar-refractivity contribution in [3.05, 3.63) is 332 Å². The van der Waals surface area contributed by atoms with Crippen LogP contribution in [0.2, 0.25) is 10.0 Å². The fourth-order valence-corrected chi connectivity index (χ4v) is 19.1. The van der Waals surface area contributed by atoms with Crippen molar-refractivity contribution in [2.75, 3.05) is 13.2 Å². The Hall–Kier alpha value is -9.71. The zero-order valence-electron chi connectivity index (χ0n) is 66.5. The fourth-order valence-electron chi connectivity index (χ4n) is 18.1. The number of halogens is 3. The van der Waals surface area contributed by atoms with Crippen molar-refractivity contribution in [2.45, 2.75) is 203 Å². The lowest BCUT2D eigenvalue weighted by atomic mass is 9.76. The molecule has 0 heterocycles. The van der Waals surface area contributed by atoms with Crippen molar-refractivity contribution in [2.24, 2.45) is 10.8 Å². The van der Waals surface area contributed by atoms with Gasteiger partial charge < -0.3 is 19.3 Å². The van der Waals surface area contributed by atoms with Gasteiger partial charge in [0.05, 0.1) is 12.8 Å². The molecule has 0 bridgehead atoms. The minimum absolute atomic E-state index is 0.0720. The van der Waals surface area contributed by atoms with E-state index in [-0.39, 0.29) is 59.6 Å². The predicted molar refractivity (Wildman–Crippen MR) is 462 cm³/mol. The first-order valence-corrected chi connectivity index (χ1v) is 42.6. The molecule has 10 aromatic carbocycles. The fraction of sp³-hybridized carbons (Fsp3) is 0.353. The average molecular weight is 1600 g/mol. The van der Waals surface area contributed by atoms with E-state index >= 15 is 0 Å². The van der Waals surface area contributed by atoms with Crippen LogP contribution < -0.4 is 0 Å². The monoisotopic (exact) mass is 1600 g/mol. The number of carboxylic acid groups (broad SMARTS) is 1. The van der Waals surface area contributed by atoms with Gasteiger partial charge in [0, 0.05) is 82.7 Å². The van der Waals surface area contributed by atoms with E-state index in [4.69, 9.17) is 49.0 Å². The number of aryl methyl sites for hydroxylation is 2. The molecule has 596 valence electrons. The molecule has 0 radical (unpaired) electrons. The number of rotatable bonds is 35. The van der Waals surface area contributed by atoms with E-state index < -0.39 is 21.9 Å². The maximum Gasteiger partial charge on any atom is 0.307 e. The summed E-state index contributed by atoms with van der Waals surface area (Å²) in [7, 11) is 0. The van der Waals surface area contributed by atoms with E-state index in [1.54, 1.807) is 0 Å². The average Bonchev–Trinajstić information content (AvgIpc) is 1.74. The Kier molecular flexibility index (Phi) is 30.0. The van der Waals surface area contributed by atoms with Crippen molar-refractivity contribution in [1.29, 1.82) is 0 Å². The van der Waals surface area contributed by atoms with E-state index in [9.17, 15) is 33.9 Å². The van der Waals surface area contributed by atoms with E-state index in [1.165, 1.54) is 50.1 Å². The van der Waals surface area contributed by atoms with Crippen molar-refractivity contribution < 1.29 is 48.1 Å². The maximum absolute atomic E-state index is 14.3. The van der Waals surface area contributed by atoms with Gasteiger partial charge in [0.2, 0.25) is 0 Å². The van der Waals surface area contributed by atoms with Crippen LogP contribution in [0.15, 0.2) is 255 Å². The van der Waals surface area contributed by atoms with Gasteiger partial charge in [-0.3, -0.25) is 28.8 Å². The Labute approximate surface area is 694 Å². The number of carbonyl (C=O) groups excluding carboxylic acids is 5. The van der Waals surface area contributed by atoms with Crippen LogP contribution in [-0.2, 0) is 53.5 Å². The van der Waals surface area contributed by atoms with Crippen LogP contribution in [0, 0.1) is 24.7 Å². The normalized spacial score (nSPS) is 15.2. The van der Waals surface area contributed by atoms with Crippen molar-refractivity contribution in [1.82, 2.24) is 0 Å². The highest BCUT2D eigenvalue weighted by Crippen LogP contribution is 2.52. The van der Waals surface area contributed by atoms with Crippen molar-refractivity contribution >= 4 is 70.2 Å². The first-order chi connectivity index (χ1) is 55.9. The Morgan fingerprint density at radius 1 is 0.357 bits per heavy atom. The highest BCUT2D eigenvalue weighted by atomic mass is 35.5. The highest BCUT2D eigenvalue weighted by molar-refractivity contribution is 6.35. The van der Waals surface area contributed by atoms with Crippen molar-refractivity contribution in [3.8, 4) is 22.3 Å². The van der Waals surface area contributed by atoms with Gasteiger partial charge in [0.25, 0.3) is 0 Å². The van der Waals surface area contributed by atoms with Gasteiger partial charge in [-0.25, -0.2) is 0 Å². The zero-order chi connectivity index (χ0) is 80.6. The Balaban J connectivity index is 0.000000178. The molecule has 2 atom stereocenters. The molecule has 13 heteroatoms. The number of fused-ring (bicyclic) bond motifs is 6. The minimum Gasteiger partial charge on any atom is -0.481 e. The molecule has 10 aromatic rings. The molecule has 0 aromatic heterocycles. The van der Waals surface area contributed by atoms with Crippen LogP contribution in [0.5, 0.6) is 0 Å². The molecule has 2 saturated carbocycles. The molecule has 4 aliphatic carbocycles. The summed E-state index contributed by atoms with van der Waals surface area (Å²) in [5.41, 5.74) is 15.4. The summed E-state index contributed by atoms with van der Waals surface area (Å²) < 4.78 is 18.2. The van der Waals surface area contributed by atoms with E-state index in [0.29, 0.717) is 67.3 Å². The number of Topliss-reactive ketones (excluding diaryl/α,β-unsaturated/α-hetero) is 2. The second-order valence-corrected chi connectivity index (χ2v) is 33.6. The first kappa shape index (κ1) is 84.7. The molecule has 10 nitrogen and oxygen atoms in total. The van der Waals surface area contributed by atoms with Gasteiger partial charge in [0.15, 0.2) is 5.60 Å². The number of benzene rings is 10. The molecule has 115 heavy (non-hydrogen) atoms. The van der Waals surface area contributed by atoms with E-state index in [2.05, 4.69) is 91.9 Å². The van der Waals surface area contributed by atoms with Crippen LogP contribution in [-0.4, -0.2) is 53.8 Å². The summed E-state index contributed by atoms with van der Waals surface area (Å²) >= 11 is 20.5. The minimum atomic E-state index is -1.26. The second-order valence-electron chi connectivity index (χ2n) is 32.2. The molecule has 0 saturated heterocycles. The van der Waals surface area contributed by atoms with Crippen LogP contribution in [0.25, 0.3) is 22.3 Å². The molecule has 1 N–H and O–H groups in total. The number of hydrogen-bond acceptors (Lipinski definition) is 9. The summed E-state index contributed by atoms with van der Waals surface area (Å²) in [6.45, 7) is 4.83. The number of hydrogen-bond donors (Lipinski definition) is 1. The highest BCUT2D eigenvalue weighted by Gasteiger charge is 2.46. The topological polar surface area (TPSA) is 150 Å². The van der Waals surface area contributed by atoms with Crippen LogP contribution in [0.4, 0.5) is 0 Å². The zero-order valence-corrected chi connectivity index (χ0v) is 68.7. The number of carboxylic acids is 1. The largest absolute Gasteiger partial charge is 0.481 e. The number of unbranched alkanes of at least 4 members (excludes halogenated alkanes) is 8. The van der Waals surface area contributed by atoms with Gasteiger partial charge in [-0.15, -0.1) is 11.6 Å². The Bertz CT molecular complexity index is 4820. The van der Waals surface area contributed by atoms with Gasteiger partial charge in [-0.1, -0.05) is 341 Å². The third-order valence-corrected chi connectivity index (χ3v) is 25.3. The number of ether oxygens (including phenoxy) is 3. The summed E-state index contributed by atoms with van der Waals surface area (Å²) in [5, 5.41) is 10.4. The predicted octanol–water partition coefficient (Wildman–Crippen LogP) is 25.7. The number of carbonyl (C=O) groups is 6. The summed E-state index contributed by atoms with van der Waals surface area (Å²) in [4.78, 5) is 75.7. The summed E-state index contributed by atoms with van der Waals surface area (Å²) in [6, 6.07) is 85.0. The maximum atomic E-state index is 14.3. The third kappa shape index (κ3) is 21.5. The smallest absolute Gasteiger partial charge is 0.307 e. The van der Waals surface area contributed by atoms with E-state index in [0.717, 1.165) is 149 Å². The molecule has 2 unspecified atom stereocenters. The number of ketones is 2. The lowest BCUT2D eigenvalue weighted by Crippen LogP contribution is -2.37. The van der Waals surface area contributed by atoms with Gasteiger partial charge in [-0.05, 0) is 144 Å². The lowest BCUT2D eigenvalue weighted by Gasteiger charge is -2.37. The van der Waals surface area contributed by atoms with Gasteiger partial charge in [0.1, 0.15) is 29.7 Å². The Morgan fingerprint density at radius 3 is 1.09 bits per heavy atom. The van der Waals surface area contributed by atoms with Crippen LogP contribution in [0.3, 0.4) is 0 Å². The third-order valence-electron chi connectivity index (χ3n) is 24.0. The van der Waals surface area contributed by atoms with Gasteiger partial charge >= 0.3 is 23.9 Å². The van der Waals surface area contributed by atoms with Gasteiger partial charge in [-0.2, -0.15) is 0 Å². The quantitative estimate of drug-likeness (QED) is 0.0134. The number of aliphatic carboxylic acids is 1. The molecule has 0 aliphatic heterocycles. The van der Waals surface area contributed by atoms with Crippen LogP contribution in [0.1, 0.15) is 246 Å². The summed E-state index contributed by atoms with van der Waals surface area (Å²) in [6.07, 6.45) is 19.3. The Morgan fingerprint density at radius 2 is 0.678 bits per heavy atom. The van der Waals surface area contributed by atoms with Crippen molar-refractivity contribution in [3.63, 3.8) is 0 Å². The molecule has 14 rings (SSSR count). The molecule has 4 aliphatic rings. The number of esters is 3. The second kappa shape index (κ2) is 40.7. The lowest BCUT2D eigenvalue weighted by molar-refractivity contribution is -0.157. The standard InChI is InChI=1S/C51H53ClO5.C31H38O5.C20H16Cl2/c1-37-28-30-39(31-29-37)51(38-18-6-5-7-19-38,46-25-14-15-26-47(46)52)57-49(55)35-50(32-16-17-33-50)34-40(53)20-8-3-2-4-9-27-48(54)56-36-45-43-23-12-10-21-41(43)42-22-11-13-24-44(42)45;32-23(20-31(21-29(33)34)18-10-11-19-31)12-4-2-1-3-5-17-30(35)36-22-28-26-15-8-6-13-24(26)25-14-7-9-16-27(25)28;1-15-11-13-17(14-12-15)20(22,16-7-3-2-4-8-16)18-9-5-6-10-19(18)21/h5-7,10-15,18-19,21-26,28-31,45H,2-4,8-9,16-17,20,27,32-36H2,1H3;6-9,13-16,28H,1-5,10-12,17-22H2,(H,33,34);2-14H,1H3. The first-order valence-electron chi connectivity index (χ1n) is 41.5. The SMILES string of the molecule is Cc1ccc(C(Cl)(c2ccccc2)c2ccccc2Cl)cc1.Cc1ccc(C(OC(=O)CC2(CC(=O)CCCCCCCC(=O)OCC3c4ccccc4-c4ccccc43)CCCC2)(c2ccccc2)c2ccccc2Cl)cc1.O=C(O)CC1(CC(=O)CCCCCCCC(=O)OCC2c3ccccc3-c3ccccc32)CCCC1. The molecule has 0 spiro atoms. The molecule has 2 fully saturated rings.